The van der Waals surface area contributed by atoms with Gasteiger partial charge < -0.3 is 4.98 Å². The molecule has 0 saturated carbocycles. The maximum absolute atomic E-state index is 11.0. The Hall–Kier alpha value is -1.36. The van der Waals surface area contributed by atoms with Crippen molar-refractivity contribution in [3.05, 3.63) is 33.1 Å². The van der Waals surface area contributed by atoms with Crippen LogP contribution < -0.4 is 16.6 Å². The van der Waals surface area contributed by atoms with E-state index in [1.54, 1.807) is 0 Å². The largest absolute Gasteiger partial charge is 0.329 e. The molecule has 1 heterocycles. The quantitative estimate of drug-likeness (QED) is 0.616. The maximum atomic E-state index is 11.0. The second-order valence-corrected chi connectivity index (χ2v) is 2.31. The average molecular weight is 169 g/mol. The molecule has 0 fully saturated rings. The summed E-state index contributed by atoms with van der Waals surface area (Å²) >= 11 is 0. The van der Waals surface area contributed by atoms with E-state index in [-0.39, 0.29) is 17.9 Å². The Bertz CT molecular complexity index is 324. The van der Waals surface area contributed by atoms with E-state index in [9.17, 15) is 9.59 Å². The van der Waals surface area contributed by atoms with Crippen molar-refractivity contribution in [3.8, 4) is 0 Å². The fraction of sp³-hybridized carbons (Fsp3) is 0.429. The molecule has 0 aromatic carbocycles. The number of aromatic nitrogens is 2. The standard InChI is InChI=1S/C7H11N3O2/c1-2-8-5-10-6(11)3-4-9-7(10)12/h3-4,8H,2,5H2,1H3,(H,9,12). The third-order valence-electron chi connectivity index (χ3n) is 1.46. The second-order valence-electron chi connectivity index (χ2n) is 2.31. The summed E-state index contributed by atoms with van der Waals surface area (Å²) in [6.45, 7) is 2.88. The lowest BCUT2D eigenvalue weighted by molar-refractivity contribution is 0.536. The molecule has 1 rings (SSSR count). The molecule has 1 aromatic rings. The van der Waals surface area contributed by atoms with E-state index < -0.39 is 0 Å². The molecule has 12 heavy (non-hydrogen) atoms. The van der Waals surface area contributed by atoms with Crippen LogP contribution >= 0.6 is 0 Å². The smallest absolute Gasteiger partial charge is 0.314 e. The third kappa shape index (κ3) is 1.82. The van der Waals surface area contributed by atoms with Crippen LogP contribution in [0.25, 0.3) is 0 Å². The highest BCUT2D eigenvalue weighted by Crippen LogP contribution is 1.66. The molecule has 0 atom stereocenters. The lowest BCUT2D eigenvalue weighted by Gasteiger charge is -2.02. The fourth-order valence-electron chi connectivity index (χ4n) is 0.826. The lowest BCUT2D eigenvalue weighted by Crippen LogP contribution is -2.38. The van der Waals surface area contributed by atoms with E-state index in [0.717, 1.165) is 11.1 Å². The van der Waals surface area contributed by atoms with E-state index in [0.29, 0.717) is 0 Å². The topological polar surface area (TPSA) is 66.9 Å². The van der Waals surface area contributed by atoms with Gasteiger partial charge in [0.1, 0.15) is 0 Å². The van der Waals surface area contributed by atoms with Crippen molar-refractivity contribution < 1.29 is 0 Å². The molecule has 0 aliphatic carbocycles. The highest BCUT2D eigenvalue weighted by atomic mass is 16.2. The molecule has 0 bridgehead atoms. The predicted molar refractivity (Wildman–Crippen MR) is 45.0 cm³/mol. The molecule has 0 saturated heterocycles. The van der Waals surface area contributed by atoms with Gasteiger partial charge in [-0.25, -0.2) is 9.36 Å². The van der Waals surface area contributed by atoms with Gasteiger partial charge in [0.05, 0.1) is 6.67 Å². The number of nitrogens with zero attached hydrogens (tertiary/aromatic N) is 1. The van der Waals surface area contributed by atoms with Crippen LogP contribution in [-0.4, -0.2) is 16.1 Å². The fourth-order valence-corrected chi connectivity index (χ4v) is 0.826. The Morgan fingerprint density at radius 2 is 2.33 bits per heavy atom. The molecular formula is C7H11N3O2. The van der Waals surface area contributed by atoms with Crippen LogP contribution in [0.4, 0.5) is 0 Å². The zero-order valence-electron chi connectivity index (χ0n) is 6.83. The SMILES string of the molecule is CCNCn1c(=O)cc[nH]c1=O. The van der Waals surface area contributed by atoms with Crippen molar-refractivity contribution >= 4 is 0 Å². The summed E-state index contributed by atoms with van der Waals surface area (Å²) in [5.41, 5.74) is -0.678. The van der Waals surface area contributed by atoms with Crippen LogP contribution in [-0.2, 0) is 6.67 Å². The zero-order chi connectivity index (χ0) is 8.97. The normalized spacial score (nSPS) is 10.1. The summed E-state index contributed by atoms with van der Waals surface area (Å²) in [5.74, 6) is 0. The van der Waals surface area contributed by atoms with Gasteiger partial charge in [0, 0.05) is 12.3 Å². The first-order valence-electron chi connectivity index (χ1n) is 3.75. The molecule has 66 valence electrons. The third-order valence-corrected chi connectivity index (χ3v) is 1.46. The average Bonchev–Trinajstić information content (AvgIpc) is 2.04. The van der Waals surface area contributed by atoms with Crippen molar-refractivity contribution in [2.24, 2.45) is 0 Å². The summed E-state index contributed by atoms with van der Waals surface area (Å²) in [6.07, 6.45) is 1.34. The van der Waals surface area contributed by atoms with Crippen LogP contribution in [0.1, 0.15) is 6.92 Å². The molecule has 5 heteroatoms. The van der Waals surface area contributed by atoms with Gasteiger partial charge in [0.2, 0.25) is 0 Å². The molecule has 0 spiro atoms. The van der Waals surface area contributed by atoms with Crippen molar-refractivity contribution in [1.29, 1.82) is 0 Å². The summed E-state index contributed by atoms with van der Waals surface area (Å²) in [5, 5.41) is 2.89. The number of hydrogen-bond donors (Lipinski definition) is 2. The van der Waals surface area contributed by atoms with Crippen molar-refractivity contribution in [2.45, 2.75) is 13.6 Å². The van der Waals surface area contributed by atoms with Gasteiger partial charge in [-0.1, -0.05) is 6.92 Å². The molecule has 2 N–H and O–H groups in total. The summed E-state index contributed by atoms with van der Waals surface area (Å²) in [4.78, 5) is 24.5. The van der Waals surface area contributed by atoms with Gasteiger partial charge in [-0.05, 0) is 6.54 Å². The first-order chi connectivity index (χ1) is 5.75. The Labute approximate surface area is 69.0 Å². The number of nitrogens with one attached hydrogen (secondary N) is 2. The van der Waals surface area contributed by atoms with Gasteiger partial charge in [-0.15, -0.1) is 0 Å². The molecule has 0 aliphatic rings. The number of H-pyrrole nitrogens is 1. The minimum absolute atomic E-state index is 0.255. The van der Waals surface area contributed by atoms with Crippen LogP contribution in [0, 0.1) is 0 Å². The van der Waals surface area contributed by atoms with Crippen molar-refractivity contribution in [2.75, 3.05) is 6.54 Å². The minimum Gasteiger partial charge on any atom is -0.314 e. The first kappa shape index (κ1) is 8.73. The molecule has 5 nitrogen and oxygen atoms in total. The van der Waals surface area contributed by atoms with Crippen LogP contribution in [0.2, 0.25) is 0 Å². The highest BCUT2D eigenvalue weighted by molar-refractivity contribution is 4.82. The van der Waals surface area contributed by atoms with E-state index >= 15 is 0 Å². The molecule has 0 radical (unpaired) electrons. The first-order valence-corrected chi connectivity index (χ1v) is 3.75. The maximum Gasteiger partial charge on any atom is 0.329 e. The van der Waals surface area contributed by atoms with Gasteiger partial charge in [-0.3, -0.25) is 10.1 Å². The predicted octanol–water partition coefficient (Wildman–Crippen LogP) is -0.896. The summed E-state index contributed by atoms with van der Waals surface area (Å²) in [7, 11) is 0. The minimum atomic E-state index is -0.386. The number of rotatable bonds is 3. The monoisotopic (exact) mass is 169 g/mol. The van der Waals surface area contributed by atoms with Crippen LogP contribution in [0.3, 0.4) is 0 Å². The van der Waals surface area contributed by atoms with Crippen LogP contribution in [0.5, 0.6) is 0 Å². The van der Waals surface area contributed by atoms with Gasteiger partial charge in [-0.2, -0.15) is 0 Å². The van der Waals surface area contributed by atoms with Gasteiger partial charge >= 0.3 is 5.69 Å². The van der Waals surface area contributed by atoms with Gasteiger partial charge in [0.15, 0.2) is 0 Å². The summed E-state index contributed by atoms with van der Waals surface area (Å²) < 4.78 is 1.10. The van der Waals surface area contributed by atoms with Crippen LogP contribution in [0.15, 0.2) is 21.9 Å². The van der Waals surface area contributed by atoms with Gasteiger partial charge in [0.25, 0.3) is 5.56 Å². The van der Waals surface area contributed by atoms with E-state index in [2.05, 4.69) is 10.3 Å². The van der Waals surface area contributed by atoms with Crippen molar-refractivity contribution in [1.82, 2.24) is 14.9 Å². The van der Waals surface area contributed by atoms with E-state index in [1.165, 1.54) is 12.3 Å². The second kappa shape index (κ2) is 3.87. The Morgan fingerprint density at radius 3 is 2.92 bits per heavy atom. The Morgan fingerprint density at radius 1 is 1.58 bits per heavy atom. The van der Waals surface area contributed by atoms with E-state index in [1.807, 2.05) is 6.92 Å². The number of hydrogen-bond acceptors (Lipinski definition) is 3. The molecular weight excluding hydrogens is 158 g/mol. The zero-order valence-corrected chi connectivity index (χ0v) is 6.83. The van der Waals surface area contributed by atoms with Crippen molar-refractivity contribution in [3.63, 3.8) is 0 Å². The molecule has 0 unspecified atom stereocenters. The molecule has 0 amide bonds. The summed E-state index contributed by atoms with van der Waals surface area (Å²) in [6, 6.07) is 1.32. The lowest BCUT2D eigenvalue weighted by atomic mass is 10.6. The number of aromatic amines is 1. The Balaban J connectivity index is 2.97. The highest BCUT2D eigenvalue weighted by Gasteiger charge is 1.96. The molecule has 0 aliphatic heterocycles. The Kier molecular flexibility index (Phi) is 2.82. The van der Waals surface area contributed by atoms with E-state index in [4.69, 9.17) is 0 Å². The molecule has 1 aromatic heterocycles.